The molecule has 0 saturated heterocycles. The molecule has 1 amide bonds. The van der Waals surface area contributed by atoms with Crippen molar-refractivity contribution in [3.8, 4) is 0 Å². The quantitative estimate of drug-likeness (QED) is 0.751. The monoisotopic (exact) mass is 251 g/mol. The van der Waals surface area contributed by atoms with Crippen molar-refractivity contribution in [1.82, 2.24) is 5.32 Å². The maximum atomic E-state index is 11.8. The van der Waals surface area contributed by atoms with Crippen LogP contribution < -0.4 is 5.32 Å². The molecule has 4 heteroatoms. The maximum absolute atomic E-state index is 11.8. The standard InChI is InChI=1S/C14H21NO3/c16-13(11-3-1-2-4-11)15-9-10-5-7-12(8-6-10)14(17)18/h1-2,10-12H,3-9H2,(H,15,16)(H,17,18). The Morgan fingerprint density at radius 3 is 2.22 bits per heavy atom. The van der Waals surface area contributed by atoms with Gasteiger partial charge in [0.1, 0.15) is 0 Å². The first-order valence-electron chi connectivity index (χ1n) is 6.82. The molecule has 0 heterocycles. The zero-order chi connectivity index (χ0) is 13.0. The van der Waals surface area contributed by atoms with Crippen LogP contribution in [0.3, 0.4) is 0 Å². The maximum Gasteiger partial charge on any atom is 0.306 e. The first-order valence-corrected chi connectivity index (χ1v) is 6.82. The summed E-state index contributed by atoms with van der Waals surface area (Å²) in [6.45, 7) is 0.710. The van der Waals surface area contributed by atoms with Crippen molar-refractivity contribution in [2.24, 2.45) is 17.8 Å². The predicted molar refractivity (Wildman–Crippen MR) is 68.0 cm³/mol. The lowest BCUT2D eigenvalue weighted by Gasteiger charge is -2.26. The second kappa shape index (κ2) is 6.03. The van der Waals surface area contributed by atoms with Gasteiger partial charge in [0, 0.05) is 12.5 Å². The molecule has 1 saturated carbocycles. The lowest BCUT2D eigenvalue weighted by molar-refractivity contribution is -0.143. The van der Waals surface area contributed by atoms with Crippen LogP contribution in [0.4, 0.5) is 0 Å². The van der Waals surface area contributed by atoms with Crippen molar-refractivity contribution in [1.29, 1.82) is 0 Å². The molecule has 2 aliphatic carbocycles. The van der Waals surface area contributed by atoms with Crippen LogP contribution in [0.2, 0.25) is 0 Å². The van der Waals surface area contributed by atoms with Crippen LogP contribution >= 0.6 is 0 Å². The summed E-state index contributed by atoms with van der Waals surface area (Å²) in [7, 11) is 0. The van der Waals surface area contributed by atoms with Gasteiger partial charge in [-0.05, 0) is 44.4 Å². The van der Waals surface area contributed by atoms with Gasteiger partial charge in [0.25, 0.3) is 0 Å². The zero-order valence-electron chi connectivity index (χ0n) is 10.6. The van der Waals surface area contributed by atoms with Gasteiger partial charge in [-0.3, -0.25) is 9.59 Å². The molecule has 0 radical (unpaired) electrons. The molecule has 0 spiro atoms. The predicted octanol–water partition coefficient (Wildman–Crippen LogP) is 1.96. The third-order valence-electron chi connectivity index (χ3n) is 4.14. The van der Waals surface area contributed by atoms with Gasteiger partial charge in [-0.25, -0.2) is 0 Å². The minimum Gasteiger partial charge on any atom is -0.481 e. The molecule has 0 aromatic carbocycles. The summed E-state index contributed by atoms with van der Waals surface area (Å²) >= 11 is 0. The normalized spacial score (nSPS) is 28.2. The van der Waals surface area contributed by atoms with Crippen molar-refractivity contribution < 1.29 is 14.7 Å². The highest BCUT2D eigenvalue weighted by Gasteiger charge is 2.26. The summed E-state index contributed by atoms with van der Waals surface area (Å²) in [4.78, 5) is 22.6. The van der Waals surface area contributed by atoms with Crippen molar-refractivity contribution in [3.05, 3.63) is 12.2 Å². The number of nitrogens with one attached hydrogen (secondary N) is 1. The molecular weight excluding hydrogens is 230 g/mol. The molecule has 0 aromatic rings. The van der Waals surface area contributed by atoms with E-state index in [-0.39, 0.29) is 17.7 Å². The lowest BCUT2D eigenvalue weighted by Crippen LogP contribution is -2.35. The van der Waals surface area contributed by atoms with Crippen LogP contribution in [0.1, 0.15) is 38.5 Å². The summed E-state index contributed by atoms with van der Waals surface area (Å²) in [5.41, 5.74) is 0. The Labute approximate surface area is 107 Å². The van der Waals surface area contributed by atoms with Crippen LogP contribution in [-0.4, -0.2) is 23.5 Å². The number of aliphatic carboxylic acids is 1. The van der Waals surface area contributed by atoms with Gasteiger partial charge in [-0.15, -0.1) is 0 Å². The van der Waals surface area contributed by atoms with Crippen molar-refractivity contribution >= 4 is 11.9 Å². The highest BCUT2D eigenvalue weighted by Crippen LogP contribution is 2.28. The molecule has 100 valence electrons. The number of hydrogen-bond donors (Lipinski definition) is 2. The van der Waals surface area contributed by atoms with Crippen LogP contribution in [-0.2, 0) is 9.59 Å². The zero-order valence-corrected chi connectivity index (χ0v) is 10.6. The Kier molecular flexibility index (Phi) is 4.39. The Balaban J connectivity index is 1.66. The molecule has 2 aliphatic rings. The van der Waals surface area contributed by atoms with Crippen LogP contribution in [0, 0.1) is 17.8 Å². The molecule has 0 aromatic heterocycles. The molecule has 18 heavy (non-hydrogen) atoms. The number of amides is 1. The molecule has 2 N–H and O–H groups in total. The van der Waals surface area contributed by atoms with Crippen LogP contribution in [0.25, 0.3) is 0 Å². The number of carboxylic acids is 1. The minimum absolute atomic E-state index is 0.125. The van der Waals surface area contributed by atoms with Gasteiger partial charge >= 0.3 is 5.97 Å². The molecule has 4 nitrogen and oxygen atoms in total. The van der Waals surface area contributed by atoms with E-state index in [0.29, 0.717) is 12.5 Å². The number of hydrogen-bond acceptors (Lipinski definition) is 2. The van der Waals surface area contributed by atoms with E-state index in [0.717, 1.165) is 38.5 Å². The summed E-state index contributed by atoms with van der Waals surface area (Å²) in [5, 5.41) is 11.9. The van der Waals surface area contributed by atoms with E-state index in [4.69, 9.17) is 5.11 Å². The SMILES string of the molecule is O=C(O)C1CCC(CNC(=O)C2CC=CC2)CC1. The fourth-order valence-electron chi connectivity index (χ4n) is 2.83. The van der Waals surface area contributed by atoms with Gasteiger partial charge in [0.15, 0.2) is 0 Å². The first kappa shape index (κ1) is 13.1. The molecule has 0 aliphatic heterocycles. The Hall–Kier alpha value is -1.32. The van der Waals surface area contributed by atoms with E-state index in [1.54, 1.807) is 0 Å². The van der Waals surface area contributed by atoms with E-state index < -0.39 is 5.97 Å². The number of carboxylic acid groups (broad SMARTS) is 1. The Morgan fingerprint density at radius 1 is 1.06 bits per heavy atom. The number of rotatable bonds is 4. The van der Waals surface area contributed by atoms with Gasteiger partial charge in [0.05, 0.1) is 5.92 Å². The van der Waals surface area contributed by atoms with Gasteiger partial charge in [-0.1, -0.05) is 12.2 Å². The minimum atomic E-state index is -0.672. The lowest BCUT2D eigenvalue weighted by atomic mass is 9.82. The highest BCUT2D eigenvalue weighted by atomic mass is 16.4. The fraction of sp³-hybridized carbons (Fsp3) is 0.714. The second-order valence-corrected chi connectivity index (χ2v) is 5.44. The van der Waals surface area contributed by atoms with E-state index in [2.05, 4.69) is 17.5 Å². The number of allylic oxidation sites excluding steroid dienone is 2. The van der Waals surface area contributed by atoms with Crippen molar-refractivity contribution in [2.75, 3.05) is 6.54 Å². The largest absolute Gasteiger partial charge is 0.481 e. The van der Waals surface area contributed by atoms with E-state index in [1.807, 2.05) is 0 Å². The molecule has 2 rings (SSSR count). The average molecular weight is 251 g/mol. The topological polar surface area (TPSA) is 66.4 Å². The van der Waals surface area contributed by atoms with Crippen molar-refractivity contribution in [2.45, 2.75) is 38.5 Å². The third-order valence-corrected chi connectivity index (χ3v) is 4.14. The molecule has 0 unspecified atom stereocenters. The van der Waals surface area contributed by atoms with Crippen LogP contribution in [0.15, 0.2) is 12.2 Å². The molecule has 1 fully saturated rings. The average Bonchev–Trinajstić information content (AvgIpc) is 2.90. The summed E-state index contributed by atoms with van der Waals surface area (Å²) in [6, 6.07) is 0. The van der Waals surface area contributed by atoms with Gasteiger partial charge in [0.2, 0.25) is 5.91 Å². The number of carbonyl (C=O) groups is 2. The Morgan fingerprint density at radius 2 is 1.67 bits per heavy atom. The summed E-state index contributed by atoms with van der Waals surface area (Å²) < 4.78 is 0. The summed E-state index contributed by atoms with van der Waals surface area (Å²) in [5.74, 6) is -0.106. The van der Waals surface area contributed by atoms with E-state index in [1.165, 1.54) is 0 Å². The Bertz CT molecular complexity index is 335. The van der Waals surface area contributed by atoms with Gasteiger partial charge < -0.3 is 10.4 Å². The second-order valence-electron chi connectivity index (χ2n) is 5.44. The first-order chi connectivity index (χ1) is 8.66. The highest BCUT2D eigenvalue weighted by molar-refractivity contribution is 5.79. The van der Waals surface area contributed by atoms with Gasteiger partial charge in [-0.2, -0.15) is 0 Å². The van der Waals surface area contributed by atoms with E-state index in [9.17, 15) is 9.59 Å². The smallest absolute Gasteiger partial charge is 0.306 e. The molecule has 0 atom stereocenters. The van der Waals surface area contributed by atoms with Crippen LogP contribution in [0.5, 0.6) is 0 Å². The molecule has 0 bridgehead atoms. The number of carbonyl (C=O) groups excluding carboxylic acids is 1. The fourth-order valence-corrected chi connectivity index (χ4v) is 2.83. The third kappa shape index (κ3) is 3.34. The summed E-state index contributed by atoms with van der Waals surface area (Å²) in [6.07, 6.45) is 9.17. The van der Waals surface area contributed by atoms with E-state index >= 15 is 0 Å². The molecular formula is C14H21NO3. The van der Waals surface area contributed by atoms with Crippen molar-refractivity contribution in [3.63, 3.8) is 0 Å².